The number of hydrogen-bond donors (Lipinski definition) is 1. The number of rotatable bonds is 10. The number of aliphatic hydroxyl groups excluding tert-OH is 1. The number of aryl methyl sites for hydroxylation is 1. The second-order valence-corrected chi connectivity index (χ2v) is 6.93. The van der Waals surface area contributed by atoms with Crippen LogP contribution < -0.4 is 0 Å². The van der Waals surface area contributed by atoms with E-state index in [1.807, 2.05) is 6.07 Å². The van der Waals surface area contributed by atoms with E-state index in [4.69, 9.17) is 0 Å². The molecule has 0 heterocycles. The van der Waals surface area contributed by atoms with Crippen LogP contribution in [0.15, 0.2) is 30.3 Å². The molecule has 1 fully saturated rings. The number of carbonyl (C=O) groups excluding carboxylic acids is 3. The molecule has 1 aliphatic carbocycles. The predicted octanol–water partition coefficient (Wildman–Crippen LogP) is 3.44. The Morgan fingerprint density at radius 2 is 1.60 bits per heavy atom. The Kier molecular flexibility index (Phi) is 7.99. The van der Waals surface area contributed by atoms with E-state index >= 15 is 0 Å². The molecule has 2 atom stereocenters. The van der Waals surface area contributed by atoms with Gasteiger partial charge >= 0.3 is 0 Å². The maximum absolute atomic E-state index is 12.1. The quantitative estimate of drug-likeness (QED) is 0.521. The van der Waals surface area contributed by atoms with Gasteiger partial charge in [0.1, 0.15) is 12.0 Å². The van der Waals surface area contributed by atoms with Gasteiger partial charge < -0.3 is 5.11 Å². The molecular formula is C21H28O4. The highest BCUT2D eigenvalue weighted by atomic mass is 16.3. The Bertz CT molecular complexity index is 579. The van der Waals surface area contributed by atoms with Crippen LogP contribution in [-0.2, 0) is 20.8 Å². The SMILES string of the molecule is O=C(CCCCCCCCc1ccccc1)[C@H]1C(=O)CC[C@@H](O)C1=O. The highest BCUT2D eigenvalue weighted by molar-refractivity contribution is 6.21. The molecule has 2 rings (SSSR count). The molecule has 0 bridgehead atoms. The predicted molar refractivity (Wildman–Crippen MR) is 96.2 cm³/mol. The molecule has 0 saturated heterocycles. The van der Waals surface area contributed by atoms with Crippen LogP contribution in [0.2, 0.25) is 0 Å². The Morgan fingerprint density at radius 3 is 2.32 bits per heavy atom. The molecule has 1 aromatic carbocycles. The minimum absolute atomic E-state index is 0.130. The Morgan fingerprint density at radius 1 is 0.960 bits per heavy atom. The lowest BCUT2D eigenvalue weighted by Crippen LogP contribution is -2.43. The van der Waals surface area contributed by atoms with Crippen LogP contribution in [0, 0.1) is 5.92 Å². The monoisotopic (exact) mass is 344 g/mol. The van der Waals surface area contributed by atoms with Gasteiger partial charge in [-0.2, -0.15) is 0 Å². The molecule has 0 spiro atoms. The first-order valence-corrected chi connectivity index (χ1v) is 9.40. The van der Waals surface area contributed by atoms with Gasteiger partial charge in [-0.1, -0.05) is 56.0 Å². The minimum atomic E-state index is -1.20. The van der Waals surface area contributed by atoms with E-state index in [0.717, 1.165) is 25.7 Å². The Labute approximate surface area is 149 Å². The van der Waals surface area contributed by atoms with Gasteiger partial charge in [0.05, 0.1) is 0 Å². The molecule has 0 radical (unpaired) electrons. The number of hydrogen-bond acceptors (Lipinski definition) is 4. The highest BCUT2D eigenvalue weighted by Gasteiger charge is 2.40. The molecule has 0 aliphatic heterocycles. The Hall–Kier alpha value is -1.81. The van der Waals surface area contributed by atoms with Crippen LogP contribution in [0.5, 0.6) is 0 Å². The number of carbonyl (C=O) groups is 3. The van der Waals surface area contributed by atoms with E-state index in [0.29, 0.717) is 6.42 Å². The van der Waals surface area contributed by atoms with Gasteiger partial charge in [-0.05, 0) is 31.2 Å². The lowest BCUT2D eigenvalue weighted by Gasteiger charge is -2.22. The highest BCUT2D eigenvalue weighted by Crippen LogP contribution is 2.21. The van der Waals surface area contributed by atoms with Gasteiger partial charge in [-0.3, -0.25) is 14.4 Å². The zero-order valence-electron chi connectivity index (χ0n) is 14.8. The van der Waals surface area contributed by atoms with Crippen molar-refractivity contribution in [2.75, 3.05) is 0 Å². The van der Waals surface area contributed by atoms with Crippen molar-refractivity contribution in [2.45, 2.75) is 70.3 Å². The number of benzene rings is 1. The largest absolute Gasteiger partial charge is 0.385 e. The van der Waals surface area contributed by atoms with Crippen molar-refractivity contribution in [3.8, 4) is 0 Å². The number of aliphatic hydroxyl groups is 1. The summed E-state index contributed by atoms with van der Waals surface area (Å²) in [7, 11) is 0. The zero-order valence-corrected chi connectivity index (χ0v) is 14.8. The number of Topliss-reactive ketones (excluding diaryl/α,β-unsaturated/α-hetero) is 3. The lowest BCUT2D eigenvalue weighted by molar-refractivity contribution is -0.147. The first-order valence-electron chi connectivity index (χ1n) is 9.40. The fourth-order valence-corrected chi connectivity index (χ4v) is 3.38. The van der Waals surface area contributed by atoms with Crippen LogP contribution in [-0.4, -0.2) is 28.6 Å². The van der Waals surface area contributed by atoms with E-state index in [2.05, 4.69) is 24.3 Å². The number of unbranched alkanes of at least 4 members (excludes halogenated alkanes) is 5. The molecule has 136 valence electrons. The third-order valence-corrected chi connectivity index (χ3v) is 4.90. The standard InChI is InChI=1S/C21H28O4/c22-17(20-18(23)14-15-19(24)21(20)25)13-9-4-2-1-3-6-10-16-11-7-5-8-12-16/h5,7-8,11-12,19-20,24H,1-4,6,9-10,13-15H2/t19-,20+/m1/s1. The van der Waals surface area contributed by atoms with Crippen LogP contribution in [0.25, 0.3) is 0 Å². The van der Waals surface area contributed by atoms with Gasteiger partial charge in [0.25, 0.3) is 0 Å². The second kappa shape index (κ2) is 10.2. The molecule has 25 heavy (non-hydrogen) atoms. The van der Waals surface area contributed by atoms with Crippen LogP contribution in [0.4, 0.5) is 0 Å². The fraction of sp³-hybridized carbons (Fsp3) is 0.571. The van der Waals surface area contributed by atoms with E-state index in [9.17, 15) is 19.5 Å². The van der Waals surface area contributed by atoms with Crippen molar-refractivity contribution in [2.24, 2.45) is 5.92 Å². The molecule has 1 aromatic rings. The van der Waals surface area contributed by atoms with E-state index in [1.165, 1.54) is 18.4 Å². The summed E-state index contributed by atoms with van der Waals surface area (Å²) in [5.41, 5.74) is 1.37. The van der Waals surface area contributed by atoms with Gasteiger partial charge in [-0.25, -0.2) is 0 Å². The van der Waals surface area contributed by atoms with Crippen LogP contribution in [0.1, 0.15) is 63.4 Å². The summed E-state index contributed by atoms with van der Waals surface area (Å²) in [5.74, 6) is -2.42. The first kappa shape index (κ1) is 19.5. The summed E-state index contributed by atoms with van der Waals surface area (Å²) in [5, 5.41) is 9.54. The van der Waals surface area contributed by atoms with Crippen molar-refractivity contribution < 1.29 is 19.5 Å². The molecule has 1 saturated carbocycles. The normalized spacial score (nSPS) is 20.7. The van der Waals surface area contributed by atoms with Crippen molar-refractivity contribution in [3.05, 3.63) is 35.9 Å². The van der Waals surface area contributed by atoms with Crippen molar-refractivity contribution in [1.82, 2.24) is 0 Å². The molecule has 0 unspecified atom stereocenters. The van der Waals surface area contributed by atoms with Crippen LogP contribution >= 0.6 is 0 Å². The number of ketones is 3. The maximum atomic E-state index is 12.1. The second-order valence-electron chi connectivity index (χ2n) is 6.93. The molecule has 4 nitrogen and oxygen atoms in total. The van der Waals surface area contributed by atoms with E-state index < -0.39 is 17.8 Å². The lowest BCUT2D eigenvalue weighted by atomic mass is 9.81. The van der Waals surface area contributed by atoms with Crippen molar-refractivity contribution >= 4 is 17.3 Å². The van der Waals surface area contributed by atoms with Crippen molar-refractivity contribution in [3.63, 3.8) is 0 Å². The van der Waals surface area contributed by atoms with Crippen molar-refractivity contribution in [1.29, 1.82) is 0 Å². The average molecular weight is 344 g/mol. The molecule has 1 aliphatic rings. The molecule has 1 N–H and O–H groups in total. The van der Waals surface area contributed by atoms with Gasteiger partial charge in [0.15, 0.2) is 17.3 Å². The smallest absolute Gasteiger partial charge is 0.179 e. The first-order chi connectivity index (χ1) is 12.1. The topological polar surface area (TPSA) is 71.4 Å². The molecule has 4 heteroatoms. The maximum Gasteiger partial charge on any atom is 0.179 e. The summed E-state index contributed by atoms with van der Waals surface area (Å²) in [6.45, 7) is 0. The van der Waals surface area contributed by atoms with Gasteiger partial charge in [0.2, 0.25) is 0 Å². The third kappa shape index (κ3) is 6.20. The molecule has 0 aromatic heterocycles. The van der Waals surface area contributed by atoms with E-state index in [1.54, 1.807) is 0 Å². The summed E-state index contributed by atoms with van der Waals surface area (Å²) >= 11 is 0. The summed E-state index contributed by atoms with van der Waals surface area (Å²) in [6, 6.07) is 10.5. The minimum Gasteiger partial charge on any atom is -0.385 e. The molecular weight excluding hydrogens is 316 g/mol. The zero-order chi connectivity index (χ0) is 18.1. The summed E-state index contributed by atoms with van der Waals surface area (Å²) < 4.78 is 0. The Balaban J connectivity index is 1.54. The van der Waals surface area contributed by atoms with Crippen LogP contribution in [0.3, 0.4) is 0 Å². The van der Waals surface area contributed by atoms with Gasteiger partial charge in [-0.15, -0.1) is 0 Å². The third-order valence-electron chi connectivity index (χ3n) is 4.90. The summed E-state index contributed by atoms with van der Waals surface area (Å²) in [4.78, 5) is 35.7. The molecule has 0 amide bonds. The summed E-state index contributed by atoms with van der Waals surface area (Å²) in [6.07, 6.45) is 6.72. The average Bonchev–Trinajstić information content (AvgIpc) is 2.61. The fourth-order valence-electron chi connectivity index (χ4n) is 3.38. The van der Waals surface area contributed by atoms with E-state index in [-0.39, 0.29) is 30.8 Å². The van der Waals surface area contributed by atoms with Gasteiger partial charge in [0, 0.05) is 12.8 Å².